The number of benzene rings is 2. The van der Waals surface area contributed by atoms with Gasteiger partial charge in [-0.3, -0.25) is 4.79 Å². The van der Waals surface area contributed by atoms with Crippen LogP contribution in [0.4, 0.5) is 0 Å². The maximum Gasteiger partial charge on any atom is 0.261 e. The Morgan fingerprint density at radius 2 is 1.87 bits per heavy atom. The van der Waals surface area contributed by atoms with Crippen molar-refractivity contribution in [3.05, 3.63) is 60.5 Å². The van der Waals surface area contributed by atoms with E-state index in [0.29, 0.717) is 29.6 Å². The van der Waals surface area contributed by atoms with Gasteiger partial charge in [-0.15, -0.1) is 0 Å². The number of hydrogen-bond acceptors (Lipinski definition) is 7. The summed E-state index contributed by atoms with van der Waals surface area (Å²) in [6, 6.07) is 15.2. The smallest absolute Gasteiger partial charge is 0.261 e. The first-order chi connectivity index (χ1) is 14.9. The van der Waals surface area contributed by atoms with Gasteiger partial charge in [0, 0.05) is 18.4 Å². The third-order valence-electron chi connectivity index (χ3n) is 5.20. The maximum atomic E-state index is 12.8. The Morgan fingerprint density at radius 3 is 2.58 bits per heavy atom. The summed E-state index contributed by atoms with van der Waals surface area (Å²) in [6.45, 7) is 0.539. The van der Waals surface area contributed by atoms with Crippen LogP contribution in [0.3, 0.4) is 0 Å². The van der Waals surface area contributed by atoms with E-state index in [9.17, 15) is 13.2 Å². The number of sulfone groups is 1. The third kappa shape index (κ3) is 4.93. The van der Waals surface area contributed by atoms with Gasteiger partial charge in [-0.1, -0.05) is 23.4 Å². The minimum atomic E-state index is -3.28. The second-order valence-electron chi connectivity index (χ2n) is 7.45. The maximum absolute atomic E-state index is 12.8. The van der Waals surface area contributed by atoms with Gasteiger partial charge in [-0.2, -0.15) is 4.98 Å². The predicted octanol–water partition coefficient (Wildman–Crippen LogP) is 3.27. The molecule has 0 spiro atoms. The van der Waals surface area contributed by atoms with E-state index in [0.717, 1.165) is 25.5 Å². The zero-order chi connectivity index (χ0) is 21.8. The van der Waals surface area contributed by atoms with Gasteiger partial charge in [-0.25, -0.2) is 8.42 Å². The van der Waals surface area contributed by atoms with Crippen LogP contribution in [0.2, 0.25) is 0 Å². The topological polar surface area (TPSA) is 103 Å². The molecule has 2 heterocycles. The van der Waals surface area contributed by atoms with Gasteiger partial charge < -0.3 is 14.2 Å². The van der Waals surface area contributed by atoms with Crippen molar-refractivity contribution in [1.82, 2.24) is 15.0 Å². The number of aromatic nitrogens is 2. The molecule has 1 atom stereocenters. The molecule has 8 nitrogen and oxygen atoms in total. The first-order valence-corrected chi connectivity index (χ1v) is 11.9. The Bertz CT molecular complexity index is 1140. The van der Waals surface area contributed by atoms with Crippen molar-refractivity contribution < 1.29 is 22.5 Å². The molecule has 0 bridgehead atoms. The fourth-order valence-electron chi connectivity index (χ4n) is 3.57. The first kappa shape index (κ1) is 21.0. The van der Waals surface area contributed by atoms with Crippen molar-refractivity contribution >= 4 is 15.7 Å². The third-order valence-corrected chi connectivity index (χ3v) is 6.32. The standard InChI is InChI=1S/C22H23N3O5S/c1-31(27,28)18-12-10-16(11-13-18)21-23-22(30-24-21)19-9-5-6-14-25(19)20(26)15-29-17-7-3-2-4-8-17/h2-4,7-8,10-13,19H,5-6,9,14-15H2,1H3/t19-/m1/s1. The van der Waals surface area contributed by atoms with Crippen molar-refractivity contribution in [2.45, 2.75) is 30.2 Å². The molecule has 1 aliphatic heterocycles. The Morgan fingerprint density at radius 1 is 1.13 bits per heavy atom. The van der Waals surface area contributed by atoms with Crippen LogP contribution in [0.1, 0.15) is 31.2 Å². The SMILES string of the molecule is CS(=O)(=O)c1ccc(-c2noc([C@H]3CCCCN3C(=O)COc3ccccc3)n2)cc1. The van der Waals surface area contributed by atoms with E-state index in [4.69, 9.17) is 9.26 Å². The van der Waals surface area contributed by atoms with Crippen LogP contribution in [0.25, 0.3) is 11.4 Å². The van der Waals surface area contributed by atoms with Crippen LogP contribution in [-0.4, -0.2) is 48.8 Å². The summed E-state index contributed by atoms with van der Waals surface area (Å²) in [6.07, 6.45) is 3.74. The number of carbonyl (C=O) groups is 1. The van der Waals surface area contributed by atoms with Crippen LogP contribution in [0, 0.1) is 0 Å². The Hall–Kier alpha value is -3.20. The van der Waals surface area contributed by atoms with Crippen LogP contribution < -0.4 is 4.74 Å². The Balaban J connectivity index is 1.48. The van der Waals surface area contributed by atoms with E-state index in [2.05, 4.69) is 10.1 Å². The molecule has 2 aromatic carbocycles. The van der Waals surface area contributed by atoms with E-state index in [-0.39, 0.29) is 23.5 Å². The number of likely N-dealkylation sites (tertiary alicyclic amines) is 1. The highest BCUT2D eigenvalue weighted by molar-refractivity contribution is 7.90. The molecule has 162 valence electrons. The minimum absolute atomic E-state index is 0.0611. The van der Waals surface area contributed by atoms with Crippen molar-refractivity contribution in [3.8, 4) is 17.1 Å². The lowest BCUT2D eigenvalue weighted by atomic mass is 10.0. The fraction of sp³-hybridized carbons (Fsp3) is 0.318. The molecule has 1 amide bonds. The summed E-state index contributed by atoms with van der Waals surface area (Å²) in [5.74, 6) is 1.23. The second kappa shape index (κ2) is 8.89. The fourth-order valence-corrected chi connectivity index (χ4v) is 4.20. The quantitative estimate of drug-likeness (QED) is 0.578. The average Bonchev–Trinajstić information content (AvgIpc) is 3.28. The zero-order valence-electron chi connectivity index (χ0n) is 17.1. The zero-order valence-corrected chi connectivity index (χ0v) is 17.9. The normalized spacial score (nSPS) is 16.8. The number of rotatable bonds is 6. The van der Waals surface area contributed by atoms with E-state index in [1.807, 2.05) is 18.2 Å². The van der Waals surface area contributed by atoms with Crippen LogP contribution in [0.15, 0.2) is 64.0 Å². The number of piperidine rings is 1. The van der Waals surface area contributed by atoms with Crippen LogP contribution in [0.5, 0.6) is 5.75 Å². The number of nitrogens with zero attached hydrogens (tertiary/aromatic N) is 3. The summed E-state index contributed by atoms with van der Waals surface area (Å²) < 4.78 is 34.4. The number of ether oxygens (including phenoxy) is 1. The predicted molar refractivity (Wildman–Crippen MR) is 113 cm³/mol. The van der Waals surface area contributed by atoms with E-state index in [1.54, 1.807) is 29.2 Å². The lowest BCUT2D eigenvalue weighted by molar-refractivity contribution is -0.138. The van der Waals surface area contributed by atoms with Gasteiger partial charge in [0.05, 0.1) is 4.90 Å². The van der Waals surface area contributed by atoms with Gasteiger partial charge in [0.15, 0.2) is 16.4 Å². The van der Waals surface area contributed by atoms with Gasteiger partial charge in [0.25, 0.3) is 5.91 Å². The summed E-state index contributed by atoms with van der Waals surface area (Å²) in [4.78, 5) is 19.3. The second-order valence-corrected chi connectivity index (χ2v) is 9.47. The van der Waals surface area contributed by atoms with Gasteiger partial charge >= 0.3 is 0 Å². The van der Waals surface area contributed by atoms with Crippen molar-refractivity contribution in [2.75, 3.05) is 19.4 Å². The average molecular weight is 442 g/mol. The molecular formula is C22H23N3O5S. The lowest BCUT2D eigenvalue weighted by Crippen LogP contribution is -2.41. The molecule has 1 fully saturated rings. The highest BCUT2D eigenvalue weighted by Crippen LogP contribution is 2.31. The largest absolute Gasteiger partial charge is 0.484 e. The number of amides is 1. The monoisotopic (exact) mass is 441 g/mol. The molecule has 31 heavy (non-hydrogen) atoms. The summed E-state index contributed by atoms with van der Waals surface area (Å²) >= 11 is 0. The number of para-hydroxylation sites is 1. The Kier molecular flexibility index (Phi) is 6.03. The lowest BCUT2D eigenvalue weighted by Gasteiger charge is -2.33. The molecule has 4 rings (SSSR count). The summed E-state index contributed by atoms with van der Waals surface area (Å²) in [5, 5.41) is 4.04. The van der Waals surface area contributed by atoms with Gasteiger partial charge in [-0.05, 0) is 55.7 Å². The van der Waals surface area contributed by atoms with Crippen molar-refractivity contribution in [2.24, 2.45) is 0 Å². The van der Waals surface area contributed by atoms with Gasteiger partial charge in [0.2, 0.25) is 11.7 Å². The highest BCUT2D eigenvalue weighted by atomic mass is 32.2. The van der Waals surface area contributed by atoms with Crippen LogP contribution >= 0.6 is 0 Å². The first-order valence-electron chi connectivity index (χ1n) is 10.0. The highest BCUT2D eigenvalue weighted by Gasteiger charge is 2.32. The van der Waals surface area contributed by atoms with E-state index >= 15 is 0 Å². The Labute approximate surface area is 180 Å². The number of hydrogen-bond donors (Lipinski definition) is 0. The molecule has 0 saturated carbocycles. The molecule has 1 saturated heterocycles. The minimum Gasteiger partial charge on any atom is -0.484 e. The molecule has 0 unspecified atom stereocenters. The molecule has 0 radical (unpaired) electrons. The molecule has 1 aromatic heterocycles. The van der Waals surface area contributed by atoms with Crippen molar-refractivity contribution in [3.63, 3.8) is 0 Å². The van der Waals surface area contributed by atoms with Gasteiger partial charge in [0.1, 0.15) is 11.8 Å². The molecular weight excluding hydrogens is 418 g/mol. The number of carbonyl (C=O) groups excluding carboxylic acids is 1. The van der Waals surface area contributed by atoms with Crippen LogP contribution in [-0.2, 0) is 14.6 Å². The molecule has 1 aliphatic rings. The van der Waals surface area contributed by atoms with Crippen molar-refractivity contribution in [1.29, 1.82) is 0 Å². The summed E-state index contributed by atoms with van der Waals surface area (Å²) in [5.41, 5.74) is 0.642. The summed E-state index contributed by atoms with van der Waals surface area (Å²) in [7, 11) is -3.28. The molecule has 0 aliphatic carbocycles. The molecule has 0 N–H and O–H groups in total. The van der Waals surface area contributed by atoms with E-state index < -0.39 is 9.84 Å². The molecule has 3 aromatic rings. The molecule has 9 heteroatoms. The van der Waals surface area contributed by atoms with E-state index in [1.165, 1.54) is 12.1 Å².